The molecule has 0 aliphatic heterocycles. The average molecular weight is 371 g/mol. The van der Waals surface area contributed by atoms with Crippen LogP contribution in [-0.4, -0.2) is 30.6 Å². The Kier molecular flexibility index (Phi) is 4.65. The van der Waals surface area contributed by atoms with Crippen LogP contribution in [0.3, 0.4) is 0 Å². The predicted molar refractivity (Wildman–Crippen MR) is 102 cm³/mol. The number of carbonyl (C=O) groups is 2. The van der Waals surface area contributed by atoms with Crippen LogP contribution >= 0.6 is 0 Å². The highest BCUT2D eigenvalue weighted by Crippen LogP contribution is 2.55. The van der Waals surface area contributed by atoms with E-state index in [1.165, 1.54) is 19.3 Å². The van der Waals surface area contributed by atoms with Crippen molar-refractivity contribution in [2.24, 2.45) is 17.8 Å². The number of nitrogens with one attached hydrogen (secondary N) is 1. The summed E-state index contributed by atoms with van der Waals surface area (Å²) in [5, 5.41) is 3.27. The Morgan fingerprint density at radius 2 is 1.70 bits per heavy atom. The van der Waals surface area contributed by atoms with Crippen LogP contribution in [0.25, 0.3) is 0 Å². The number of hydrogen-bond acceptors (Lipinski definition) is 4. The summed E-state index contributed by atoms with van der Waals surface area (Å²) in [6.45, 7) is 3.56. The van der Waals surface area contributed by atoms with Gasteiger partial charge in [0.2, 0.25) is 0 Å². The second-order valence-electron chi connectivity index (χ2n) is 8.92. The van der Waals surface area contributed by atoms with Crippen LogP contribution in [0, 0.1) is 24.7 Å². The first-order valence-corrected chi connectivity index (χ1v) is 10.0. The molecule has 5 nitrogen and oxygen atoms in total. The topological polar surface area (TPSA) is 64.6 Å². The van der Waals surface area contributed by atoms with E-state index in [9.17, 15) is 9.59 Å². The Labute approximate surface area is 160 Å². The molecule has 5 heteroatoms. The zero-order chi connectivity index (χ0) is 19.2. The van der Waals surface area contributed by atoms with Crippen LogP contribution in [-0.2, 0) is 9.53 Å². The highest BCUT2D eigenvalue weighted by Gasteiger charge is 2.51. The molecule has 4 saturated carbocycles. The van der Waals surface area contributed by atoms with Gasteiger partial charge in [0.15, 0.2) is 6.10 Å². The number of esters is 1. The molecule has 0 aromatic heterocycles. The molecule has 1 amide bonds. The van der Waals surface area contributed by atoms with Crippen molar-refractivity contribution in [1.82, 2.24) is 5.32 Å². The molecule has 4 bridgehead atoms. The fourth-order valence-electron chi connectivity index (χ4n) is 5.86. The molecule has 1 N–H and O–H groups in total. The number of aryl methyl sites for hydroxylation is 1. The summed E-state index contributed by atoms with van der Waals surface area (Å²) in [4.78, 5) is 25.2. The standard InChI is InChI=1S/C22H29NO4/c1-13-4-5-18(9-19(13)26-3)21(25)27-14(2)20(24)23-22-10-15-6-16(11-22)8-17(7-15)12-22/h4-5,9,14-17H,6-8,10-12H2,1-3H3,(H,23,24)/t14-,15?,16?,17?,22?/m0/s1. The molecule has 0 saturated heterocycles. The van der Waals surface area contributed by atoms with Crippen molar-refractivity contribution < 1.29 is 19.1 Å². The normalized spacial score (nSPS) is 32.0. The number of rotatable bonds is 5. The molecule has 27 heavy (non-hydrogen) atoms. The van der Waals surface area contributed by atoms with Gasteiger partial charge in [0.25, 0.3) is 5.91 Å². The molecule has 0 unspecified atom stereocenters. The molecule has 146 valence electrons. The Morgan fingerprint density at radius 3 is 2.26 bits per heavy atom. The van der Waals surface area contributed by atoms with Gasteiger partial charge < -0.3 is 14.8 Å². The summed E-state index contributed by atoms with van der Waals surface area (Å²) < 4.78 is 10.7. The predicted octanol–water partition coefficient (Wildman–Crippen LogP) is 3.63. The summed E-state index contributed by atoms with van der Waals surface area (Å²) in [6, 6.07) is 5.17. The molecule has 1 aromatic rings. The lowest BCUT2D eigenvalue weighted by Gasteiger charge is -2.57. The summed E-state index contributed by atoms with van der Waals surface area (Å²) in [6.07, 6.45) is 6.43. The highest BCUT2D eigenvalue weighted by molar-refractivity contribution is 5.92. The highest BCUT2D eigenvalue weighted by atomic mass is 16.5. The zero-order valence-corrected chi connectivity index (χ0v) is 16.4. The molecule has 4 aliphatic carbocycles. The average Bonchev–Trinajstić information content (AvgIpc) is 2.60. The van der Waals surface area contributed by atoms with Crippen LogP contribution in [0.2, 0.25) is 0 Å². The lowest BCUT2D eigenvalue weighted by atomic mass is 9.53. The van der Waals surface area contributed by atoms with Gasteiger partial charge in [-0.25, -0.2) is 4.79 Å². The van der Waals surface area contributed by atoms with Gasteiger partial charge in [-0.1, -0.05) is 6.07 Å². The number of ether oxygens (including phenoxy) is 2. The van der Waals surface area contributed by atoms with Crippen molar-refractivity contribution in [1.29, 1.82) is 0 Å². The molecular weight excluding hydrogens is 342 g/mol. The lowest BCUT2D eigenvalue weighted by Crippen LogP contribution is -2.61. The second-order valence-corrected chi connectivity index (χ2v) is 8.92. The summed E-state index contributed by atoms with van der Waals surface area (Å²) in [5.74, 6) is 2.24. The van der Waals surface area contributed by atoms with Crippen molar-refractivity contribution in [2.45, 2.75) is 64.0 Å². The number of benzene rings is 1. The molecule has 4 aliphatic rings. The minimum Gasteiger partial charge on any atom is -0.496 e. The molecule has 5 rings (SSSR count). The first kappa shape index (κ1) is 18.3. The zero-order valence-electron chi connectivity index (χ0n) is 16.4. The first-order valence-electron chi connectivity index (χ1n) is 10.0. The minimum atomic E-state index is -0.808. The second kappa shape index (κ2) is 6.84. The van der Waals surface area contributed by atoms with Crippen LogP contribution < -0.4 is 10.1 Å². The van der Waals surface area contributed by atoms with Crippen molar-refractivity contribution >= 4 is 11.9 Å². The van der Waals surface area contributed by atoms with E-state index in [1.54, 1.807) is 26.2 Å². The summed E-state index contributed by atoms with van der Waals surface area (Å²) in [7, 11) is 1.57. The van der Waals surface area contributed by atoms with Gasteiger partial charge in [-0.2, -0.15) is 0 Å². The van der Waals surface area contributed by atoms with Crippen molar-refractivity contribution in [3.05, 3.63) is 29.3 Å². The minimum absolute atomic E-state index is 0.0699. The molecule has 0 radical (unpaired) electrons. The number of methoxy groups -OCH3 is 1. The first-order chi connectivity index (χ1) is 12.9. The van der Waals surface area contributed by atoms with Gasteiger partial charge in [-0.05, 0) is 87.8 Å². The Balaban J connectivity index is 1.39. The third-order valence-corrected chi connectivity index (χ3v) is 6.72. The van der Waals surface area contributed by atoms with Gasteiger partial charge in [-0.3, -0.25) is 4.79 Å². The molecule has 1 aromatic carbocycles. The third kappa shape index (κ3) is 3.56. The maximum Gasteiger partial charge on any atom is 0.339 e. The van der Waals surface area contributed by atoms with E-state index in [0.717, 1.165) is 42.6 Å². The largest absolute Gasteiger partial charge is 0.496 e. The van der Waals surface area contributed by atoms with E-state index in [1.807, 2.05) is 13.0 Å². The molecule has 0 heterocycles. The van der Waals surface area contributed by atoms with E-state index >= 15 is 0 Å². The molecule has 4 fully saturated rings. The van der Waals surface area contributed by atoms with E-state index in [4.69, 9.17) is 9.47 Å². The van der Waals surface area contributed by atoms with Gasteiger partial charge in [0.1, 0.15) is 5.75 Å². The molecule has 1 atom stereocenters. The lowest BCUT2D eigenvalue weighted by molar-refractivity contribution is -0.134. The Hall–Kier alpha value is -2.04. The van der Waals surface area contributed by atoms with E-state index < -0.39 is 12.1 Å². The SMILES string of the molecule is COc1cc(C(=O)O[C@@H](C)C(=O)NC23CC4CC(CC(C4)C2)C3)ccc1C. The quantitative estimate of drug-likeness (QED) is 0.803. The van der Waals surface area contributed by atoms with Crippen LogP contribution in [0.15, 0.2) is 18.2 Å². The van der Waals surface area contributed by atoms with Crippen molar-refractivity contribution in [3.63, 3.8) is 0 Å². The molecular formula is C22H29NO4. The summed E-state index contributed by atoms with van der Waals surface area (Å²) >= 11 is 0. The number of amides is 1. The fourth-order valence-corrected chi connectivity index (χ4v) is 5.86. The van der Waals surface area contributed by atoms with Crippen LogP contribution in [0.4, 0.5) is 0 Å². The number of carbonyl (C=O) groups excluding carboxylic acids is 2. The van der Waals surface area contributed by atoms with E-state index in [-0.39, 0.29) is 11.4 Å². The van der Waals surface area contributed by atoms with Gasteiger partial charge in [0, 0.05) is 5.54 Å². The van der Waals surface area contributed by atoms with E-state index in [0.29, 0.717) is 11.3 Å². The van der Waals surface area contributed by atoms with Crippen LogP contribution in [0.1, 0.15) is 61.4 Å². The smallest absolute Gasteiger partial charge is 0.339 e. The maximum absolute atomic E-state index is 12.8. The number of hydrogen-bond donors (Lipinski definition) is 1. The summed E-state index contributed by atoms with van der Waals surface area (Å²) in [5.41, 5.74) is 1.27. The van der Waals surface area contributed by atoms with Gasteiger partial charge >= 0.3 is 5.97 Å². The van der Waals surface area contributed by atoms with Crippen molar-refractivity contribution in [2.75, 3.05) is 7.11 Å². The monoisotopic (exact) mass is 371 g/mol. The third-order valence-electron chi connectivity index (χ3n) is 6.72. The fraction of sp³-hybridized carbons (Fsp3) is 0.636. The Morgan fingerprint density at radius 1 is 1.11 bits per heavy atom. The molecule has 0 spiro atoms. The maximum atomic E-state index is 12.8. The van der Waals surface area contributed by atoms with Crippen LogP contribution in [0.5, 0.6) is 5.75 Å². The van der Waals surface area contributed by atoms with Crippen molar-refractivity contribution in [3.8, 4) is 5.75 Å². The van der Waals surface area contributed by atoms with Gasteiger partial charge in [-0.15, -0.1) is 0 Å². The van der Waals surface area contributed by atoms with E-state index in [2.05, 4.69) is 5.32 Å². The van der Waals surface area contributed by atoms with Gasteiger partial charge in [0.05, 0.1) is 12.7 Å². The Bertz CT molecular complexity index is 721.